The van der Waals surface area contributed by atoms with Gasteiger partial charge in [0.25, 0.3) is 0 Å². The highest BCUT2D eigenvalue weighted by Gasteiger charge is 2.28. The topological polar surface area (TPSA) is 49.3 Å². The van der Waals surface area contributed by atoms with Crippen LogP contribution in [-0.4, -0.2) is 22.7 Å². The van der Waals surface area contributed by atoms with E-state index in [9.17, 15) is 9.90 Å². The molecule has 0 spiro atoms. The lowest BCUT2D eigenvalue weighted by Gasteiger charge is -2.30. The average molecular weight is 235 g/mol. The highest BCUT2D eigenvalue weighted by molar-refractivity contribution is 5.83. The summed E-state index contributed by atoms with van der Waals surface area (Å²) in [5.41, 5.74) is 0.367. The molecule has 17 heavy (non-hydrogen) atoms. The molecule has 1 aromatic carbocycles. The van der Waals surface area contributed by atoms with Gasteiger partial charge < -0.3 is 10.4 Å². The molecule has 0 radical (unpaired) electrons. The van der Waals surface area contributed by atoms with Crippen LogP contribution in [0.25, 0.3) is 0 Å². The summed E-state index contributed by atoms with van der Waals surface area (Å²) in [5, 5.41) is 12.4. The van der Waals surface area contributed by atoms with Gasteiger partial charge >= 0.3 is 0 Å². The maximum atomic E-state index is 12.0. The molecule has 1 amide bonds. The molecule has 0 aliphatic carbocycles. The first kappa shape index (κ1) is 13.7. The van der Waals surface area contributed by atoms with Crippen LogP contribution < -0.4 is 5.32 Å². The first-order valence-electron chi connectivity index (χ1n) is 5.89. The van der Waals surface area contributed by atoms with Gasteiger partial charge in [0.2, 0.25) is 5.91 Å². The molecule has 1 aromatic rings. The highest BCUT2D eigenvalue weighted by Crippen LogP contribution is 2.17. The fraction of sp³-hybridized carbons (Fsp3) is 0.500. The summed E-state index contributed by atoms with van der Waals surface area (Å²) < 4.78 is 0. The van der Waals surface area contributed by atoms with Gasteiger partial charge in [0, 0.05) is 0 Å². The van der Waals surface area contributed by atoms with Crippen LogP contribution in [0, 0.1) is 0 Å². The van der Waals surface area contributed by atoms with Crippen molar-refractivity contribution in [3.8, 4) is 0 Å². The fourth-order valence-corrected chi connectivity index (χ4v) is 1.42. The third kappa shape index (κ3) is 3.56. The molecule has 3 nitrogen and oxygen atoms in total. The van der Waals surface area contributed by atoms with Crippen LogP contribution in [0.5, 0.6) is 0 Å². The Morgan fingerprint density at radius 1 is 1.24 bits per heavy atom. The summed E-state index contributed by atoms with van der Waals surface area (Å²) >= 11 is 0. The molecule has 94 valence electrons. The third-order valence-electron chi connectivity index (χ3n) is 3.18. The second-order valence-corrected chi connectivity index (χ2v) is 5.02. The lowest BCUT2D eigenvalue weighted by Crippen LogP contribution is -2.52. The quantitative estimate of drug-likeness (QED) is 0.839. The van der Waals surface area contributed by atoms with Crippen LogP contribution in [0.3, 0.4) is 0 Å². The summed E-state index contributed by atoms with van der Waals surface area (Å²) in [7, 11) is 0. The molecule has 1 rings (SSSR count). The Hall–Kier alpha value is -1.35. The summed E-state index contributed by atoms with van der Waals surface area (Å²) in [5.74, 6) is -0.281. The molecule has 0 saturated heterocycles. The van der Waals surface area contributed by atoms with Gasteiger partial charge in [-0.3, -0.25) is 4.79 Å². The monoisotopic (exact) mass is 235 g/mol. The minimum Gasteiger partial charge on any atom is -0.391 e. The number of aliphatic hydroxyl groups is 1. The van der Waals surface area contributed by atoms with Crippen molar-refractivity contribution < 1.29 is 9.90 Å². The predicted octanol–water partition coefficient (Wildman–Crippen LogP) is 2.07. The third-order valence-corrected chi connectivity index (χ3v) is 3.18. The Kier molecular flexibility index (Phi) is 4.29. The second-order valence-electron chi connectivity index (χ2n) is 5.02. The van der Waals surface area contributed by atoms with Gasteiger partial charge in [-0.1, -0.05) is 30.3 Å². The van der Waals surface area contributed by atoms with E-state index in [1.165, 1.54) is 0 Å². The van der Waals surface area contributed by atoms with Gasteiger partial charge in [0.1, 0.15) is 0 Å². The van der Waals surface area contributed by atoms with E-state index >= 15 is 0 Å². The number of aliphatic hydroxyl groups excluding tert-OH is 1. The normalized spacial score (nSPS) is 15.1. The van der Waals surface area contributed by atoms with Gasteiger partial charge in [0.05, 0.1) is 17.6 Å². The van der Waals surface area contributed by atoms with Crippen molar-refractivity contribution in [2.45, 2.75) is 45.3 Å². The van der Waals surface area contributed by atoms with Crippen molar-refractivity contribution in [2.24, 2.45) is 0 Å². The van der Waals surface area contributed by atoms with Crippen LogP contribution in [0.2, 0.25) is 0 Å². The van der Waals surface area contributed by atoms with Crippen LogP contribution in [-0.2, 0) is 4.79 Å². The molecule has 0 heterocycles. The van der Waals surface area contributed by atoms with E-state index in [-0.39, 0.29) is 11.8 Å². The van der Waals surface area contributed by atoms with Gasteiger partial charge in [0.15, 0.2) is 0 Å². The number of hydrogen-bond acceptors (Lipinski definition) is 2. The first-order chi connectivity index (χ1) is 7.84. The van der Waals surface area contributed by atoms with Gasteiger partial charge in [-0.15, -0.1) is 0 Å². The molecule has 0 fully saturated rings. The zero-order chi connectivity index (χ0) is 13.1. The Balaban J connectivity index is 2.72. The Labute approximate surface area is 103 Å². The Morgan fingerprint density at radius 3 is 2.24 bits per heavy atom. The average Bonchev–Trinajstić information content (AvgIpc) is 2.28. The van der Waals surface area contributed by atoms with Crippen LogP contribution in [0.15, 0.2) is 30.3 Å². The predicted molar refractivity (Wildman–Crippen MR) is 68.8 cm³/mol. The number of nitrogens with one attached hydrogen (secondary N) is 1. The standard InChI is InChI=1S/C14H21NO2/c1-10(12-8-6-5-7-9-12)13(17)15-14(3,4)11(2)16/h5-11,16H,1-4H3,(H,15,17). The summed E-state index contributed by atoms with van der Waals surface area (Å²) in [6.45, 7) is 7.16. The van der Waals surface area contributed by atoms with Crippen molar-refractivity contribution in [3.63, 3.8) is 0 Å². The lowest BCUT2D eigenvalue weighted by atomic mass is 9.95. The van der Waals surface area contributed by atoms with E-state index in [2.05, 4.69) is 5.32 Å². The minimum absolute atomic E-state index is 0.0675. The van der Waals surface area contributed by atoms with Crippen molar-refractivity contribution >= 4 is 5.91 Å². The SMILES string of the molecule is CC(C(=O)NC(C)(C)C(C)O)c1ccccc1. The molecular weight excluding hydrogens is 214 g/mol. The Morgan fingerprint density at radius 2 is 1.76 bits per heavy atom. The molecule has 0 aromatic heterocycles. The van der Waals surface area contributed by atoms with E-state index in [0.717, 1.165) is 5.56 Å². The number of hydrogen-bond donors (Lipinski definition) is 2. The maximum absolute atomic E-state index is 12.0. The minimum atomic E-state index is -0.611. The molecule has 2 atom stereocenters. The Bertz CT molecular complexity index is 371. The summed E-state index contributed by atoms with van der Waals surface area (Å²) in [4.78, 5) is 12.0. The zero-order valence-corrected chi connectivity index (χ0v) is 10.9. The van der Waals surface area contributed by atoms with E-state index in [4.69, 9.17) is 0 Å². The van der Waals surface area contributed by atoms with E-state index < -0.39 is 11.6 Å². The molecule has 0 aliphatic rings. The first-order valence-corrected chi connectivity index (χ1v) is 5.89. The van der Waals surface area contributed by atoms with E-state index in [1.54, 1.807) is 6.92 Å². The van der Waals surface area contributed by atoms with Crippen LogP contribution in [0.4, 0.5) is 0 Å². The van der Waals surface area contributed by atoms with Crippen molar-refractivity contribution in [1.29, 1.82) is 0 Å². The van der Waals surface area contributed by atoms with E-state index in [1.807, 2.05) is 51.1 Å². The van der Waals surface area contributed by atoms with Gasteiger partial charge in [-0.25, -0.2) is 0 Å². The molecule has 0 bridgehead atoms. The number of rotatable bonds is 4. The van der Waals surface area contributed by atoms with Crippen LogP contribution in [0.1, 0.15) is 39.2 Å². The number of benzene rings is 1. The van der Waals surface area contributed by atoms with Crippen LogP contribution >= 0.6 is 0 Å². The highest BCUT2D eigenvalue weighted by atomic mass is 16.3. The van der Waals surface area contributed by atoms with Crippen molar-refractivity contribution in [3.05, 3.63) is 35.9 Å². The van der Waals surface area contributed by atoms with E-state index in [0.29, 0.717) is 0 Å². The largest absolute Gasteiger partial charge is 0.391 e. The molecule has 2 unspecified atom stereocenters. The number of amides is 1. The number of carbonyl (C=O) groups is 1. The molecular formula is C14H21NO2. The van der Waals surface area contributed by atoms with Crippen molar-refractivity contribution in [1.82, 2.24) is 5.32 Å². The zero-order valence-electron chi connectivity index (χ0n) is 10.9. The molecule has 2 N–H and O–H groups in total. The second kappa shape index (κ2) is 5.32. The maximum Gasteiger partial charge on any atom is 0.227 e. The van der Waals surface area contributed by atoms with Gasteiger partial charge in [-0.05, 0) is 33.3 Å². The van der Waals surface area contributed by atoms with Gasteiger partial charge in [-0.2, -0.15) is 0 Å². The smallest absolute Gasteiger partial charge is 0.227 e. The lowest BCUT2D eigenvalue weighted by molar-refractivity contribution is -0.125. The summed E-state index contributed by atoms with van der Waals surface area (Å²) in [6.07, 6.45) is -0.588. The van der Waals surface area contributed by atoms with Crippen molar-refractivity contribution in [2.75, 3.05) is 0 Å². The molecule has 0 saturated carbocycles. The molecule has 0 aliphatic heterocycles. The number of carbonyl (C=O) groups excluding carboxylic acids is 1. The summed E-state index contributed by atoms with van der Waals surface area (Å²) in [6, 6.07) is 9.62. The molecule has 3 heteroatoms. The fourth-order valence-electron chi connectivity index (χ4n) is 1.42.